The molecule has 3 aromatic rings. The second-order valence-electron chi connectivity index (χ2n) is 4.29. The van der Waals surface area contributed by atoms with E-state index in [1.165, 1.54) is 0 Å². The van der Waals surface area contributed by atoms with Gasteiger partial charge in [0.15, 0.2) is 0 Å². The number of nitrogen functional groups attached to an aromatic ring is 1. The van der Waals surface area contributed by atoms with Crippen LogP contribution in [-0.2, 0) is 0 Å². The Bertz CT molecular complexity index is 679. The highest BCUT2D eigenvalue weighted by Gasteiger charge is 2.02. The number of rotatable bonds is 3. The van der Waals surface area contributed by atoms with Crippen LogP contribution in [0.5, 0.6) is 0 Å². The van der Waals surface area contributed by atoms with Crippen molar-refractivity contribution in [1.29, 1.82) is 0 Å². The van der Waals surface area contributed by atoms with Gasteiger partial charge >= 0.3 is 0 Å². The normalized spacial score (nSPS) is 10.4. The van der Waals surface area contributed by atoms with E-state index < -0.39 is 0 Å². The zero-order valence-electron chi connectivity index (χ0n) is 10.7. The molecule has 0 spiro atoms. The van der Waals surface area contributed by atoms with Crippen molar-refractivity contribution < 1.29 is 0 Å². The first-order valence-electron chi connectivity index (χ1n) is 6.24. The molecule has 0 radical (unpaired) electrons. The third-order valence-electron chi connectivity index (χ3n) is 2.81. The van der Waals surface area contributed by atoms with Crippen LogP contribution in [0.4, 0.5) is 5.69 Å². The van der Waals surface area contributed by atoms with E-state index in [-0.39, 0.29) is 0 Å². The Morgan fingerprint density at radius 3 is 2.15 bits per heavy atom. The lowest BCUT2D eigenvalue weighted by molar-refractivity contribution is 0.936. The van der Waals surface area contributed by atoms with Gasteiger partial charge in [0.25, 0.3) is 0 Å². The summed E-state index contributed by atoms with van der Waals surface area (Å²) in [6, 6.07) is 21.7. The lowest BCUT2D eigenvalue weighted by Crippen LogP contribution is -1.89. The maximum atomic E-state index is 5.67. The maximum Gasteiger partial charge on any atom is 0.124 e. The Labute approximate surface area is 121 Å². The van der Waals surface area contributed by atoms with Crippen molar-refractivity contribution in [2.75, 3.05) is 5.73 Å². The third kappa shape index (κ3) is 2.97. The van der Waals surface area contributed by atoms with Crippen molar-refractivity contribution in [3.63, 3.8) is 0 Å². The number of nitrogens with zero attached hydrogens (tertiary/aromatic N) is 2. The van der Waals surface area contributed by atoms with Crippen LogP contribution < -0.4 is 5.73 Å². The van der Waals surface area contributed by atoms with E-state index in [0.29, 0.717) is 0 Å². The number of benzene rings is 2. The van der Waals surface area contributed by atoms with Gasteiger partial charge in [0, 0.05) is 16.1 Å². The fourth-order valence-electron chi connectivity index (χ4n) is 1.79. The molecule has 3 nitrogen and oxygen atoms in total. The highest BCUT2D eigenvalue weighted by atomic mass is 32.2. The molecular weight excluding hydrogens is 266 g/mol. The topological polar surface area (TPSA) is 51.8 Å². The van der Waals surface area contributed by atoms with Crippen LogP contribution >= 0.6 is 11.8 Å². The molecular formula is C16H13N3S. The molecule has 0 fully saturated rings. The van der Waals surface area contributed by atoms with Gasteiger partial charge in [-0.15, -0.1) is 10.2 Å². The van der Waals surface area contributed by atoms with Crippen molar-refractivity contribution in [2.24, 2.45) is 0 Å². The SMILES string of the molecule is Nc1ccc(Sc2ccc(-c3ccccc3)nn2)cc1. The standard InChI is InChI=1S/C16H13N3S/c17-13-6-8-14(9-7-13)20-16-11-10-15(18-19-16)12-4-2-1-3-5-12/h1-11H,17H2. The summed E-state index contributed by atoms with van der Waals surface area (Å²) >= 11 is 1.57. The molecule has 0 atom stereocenters. The Morgan fingerprint density at radius 2 is 1.50 bits per heavy atom. The van der Waals surface area contributed by atoms with E-state index in [2.05, 4.69) is 10.2 Å². The lowest BCUT2D eigenvalue weighted by Gasteiger charge is -2.03. The summed E-state index contributed by atoms with van der Waals surface area (Å²) in [5, 5.41) is 9.39. The molecule has 4 heteroatoms. The van der Waals surface area contributed by atoms with Gasteiger partial charge in [-0.25, -0.2) is 0 Å². The summed E-state index contributed by atoms with van der Waals surface area (Å²) in [5.74, 6) is 0. The van der Waals surface area contributed by atoms with E-state index >= 15 is 0 Å². The third-order valence-corrected chi connectivity index (χ3v) is 3.75. The minimum Gasteiger partial charge on any atom is -0.399 e. The summed E-state index contributed by atoms with van der Waals surface area (Å²) in [7, 11) is 0. The van der Waals surface area contributed by atoms with Crippen LogP contribution in [-0.4, -0.2) is 10.2 Å². The quantitative estimate of drug-likeness (QED) is 0.739. The van der Waals surface area contributed by atoms with Crippen molar-refractivity contribution in [3.8, 4) is 11.3 Å². The lowest BCUT2D eigenvalue weighted by atomic mass is 10.1. The molecule has 0 saturated heterocycles. The molecule has 3 rings (SSSR count). The van der Waals surface area contributed by atoms with Crippen LogP contribution in [0.15, 0.2) is 76.7 Å². The first kappa shape index (κ1) is 12.7. The van der Waals surface area contributed by atoms with Crippen LogP contribution in [0.1, 0.15) is 0 Å². The smallest absolute Gasteiger partial charge is 0.124 e. The zero-order valence-corrected chi connectivity index (χ0v) is 11.5. The molecule has 0 saturated carbocycles. The van der Waals surface area contributed by atoms with Gasteiger partial charge in [-0.2, -0.15) is 0 Å². The molecule has 20 heavy (non-hydrogen) atoms. The molecule has 0 aliphatic heterocycles. The van der Waals surface area contributed by atoms with Crippen LogP contribution in [0.3, 0.4) is 0 Å². The van der Waals surface area contributed by atoms with Crippen LogP contribution in [0.2, 0.25) is 0 Å². The molecule has 0 amide bonds. The summed E-state index contributed by atoms with van der Waals surface area (Å²) in [5.41, 5.74) is 8.39. The van der Waals surface area contributed by atoms with Gasteiger partial charge in [0.05, 0.1) is 5.69 Å². The van der Waals surface area contributed by atoms with E-state index in [0.717, 1.165) is 26.9 Å². The van der Waals surface area contributed by atoms with E-state index in [1.54, 1.807) is 11.8 Å². The summed E-state index contributed by atoms with van der Waals surface area (Å²) < 4.78 is 0. The second kappa shape index (κ2) is 5.75. The van der Waals surface area contributed by atoms with E-state index in [1.807, 2.05) is 66.7 Å². The molecule has 1 aromatic heterocycles. The van der Waals surface area contributed by atoms with E-state index in [9.17, 15) is 0 Å². The molecule has 0 aliphatic carbocycles. The number of hydrogen-bond donors (Lipinski definition) is 1. The van der Waals surface area contributed by atoms with Gasteiger partial charge in [0.2, 0.25) is 0 Å². The van der Waals surface area contributed by atoms with Crippen molar-refractivity contribution in [3.05, 3.63) is 66.7 Å². The molecule has 0 bridgehead atoms. The minimum absolute atomic E-state index is 0.764. The number of hydrogen-bond acceptors (Lipinski definition) is 4. The first-order chi connectivity index (χ1) is 9.81. The highest BCUT2D eigenvalue weighted by Crippen LogP contribution is 2.27. The van der Waals surface area contributed by atoms with E-state index in [4.69, 9.17) is 5.73 Å². The summed E-state index contributed by atoms with van der Waals surface area (Å²) in [4.78, 5) is 1.10. The zero-order chi connectivity index (χ0) is 13.8. The number of nitrogens with two attached hydrogens (primary N) is 1. The second-order valence-corrected chi connectivity index (χ2v) is 5.39. The molecule has 98 valence electrons. The van der Waals surface area contributed by atoms with Crippen molar-refractivity contribution in [1.82, 2.24) is 10.2 Å². The van der Waals surface area contributed by atoms with Gasteiger partial charge in [-0.3, -0.25) is 0 Å². The number of aromatic nitrogens is 2. The minimum atomic E-state index is 0.764. The van der Waals surface area contributed by atoms with Gasteiger partial charge < -0.3 is 5.73 Å². The Kier molecular flexibility index (Phi) is 3.65. The Balaban J connectivity index is 1.78. The molecule has 0 unspecified atom stereocenters. The molecule has 1 heterocycles. The summed E-state index contributed by atoms with van der Waals surface area (Å²) in [6.07, 6.45) is 0. The Hall–Kier alpha value is -2.33. The predicted molar refractivity (Wildman–Crippen MR) is 82.4 cm³/mol. The average Bonchev–Trinajstić information content (AvgIpc) is 2.51. The van der Waals surface area contributed by atoms with Gasteiger partial charge in [0.1, 0.15) is 5.03 Å². The van der Waals surface area contributed by atoms with Crippen molar-refractivity contribution in [2.45, 2.75) is 9.92 Å². The highest BCUT2D eigenvalue weighted by molar-refractivity contribution is 7.99. The monoisotopic (exact) mass is 279 g/mol. The number of anilines is 1. The fourth-order valence-corrected chi connectivity index (χ4v) is 2.53. The average molecular weight is 279 g/mol. The Morgan fingerprint density at radius 1 is 0.750 bits per heavy atom. The summed E-state index contributed by atoms with van der Waals surface area (Å²) in [6.45, 7) is 0. The molecule has 2 N–H and O–H groups in total. The van der Waals surface area contributed by atoms with Gasteiger partial charge in [-0.05, 0) is 36.4 Å². The fraction of sp³-hybridized carbons (Fsp3) is 0. The van der Waals surface area contributed by atoms with Crippen LogP contribution in [0, 0.1) is 0 Å². The molecule has 0 aliphatic rings. The largest absolute Gasteiger partial charge is 0.399 e. The predicted octanol–water partition coefficient (Wildman–Crippen LogP) is 3.88. The van der Waals surface area contributed by atoms with Crippen LogP contribution in [0.25, 0.3) is 11.3 Å². The molecule has 2 aromatic carbocycles. The van der Waals surface area contributed by atoms with Crippen molar-refractivity contribution >= 4 is 17.4 Å². The van der Waals surface area contributed by atoms with Gasteiger partial charge in [-0.1, -0.05) is 42.1 Å². The maximum absolute atomic E-state index is 5.67. The first-order valence-corrected chi connectivity index (χ1v) is 7.05.